The molecule has 0 aromatic heterocycles. The van der Waals surface area contributed by atoms with E-state index in [2.05, 4.69) is 5.32 Å². The molecule has 1 amide bonds. The molecule has 3 unspecified atom stereocenters. The highest BCUT2D eigenvalue weighted by molar-refractivity contribution is 5.68. The second kappa shape index (κ2) is 4.27. The maximum absolute atomic E-state index is 11.7. The van der Waals surface area contributed by atoms with Gasteiger partial charge in [-0.1, -0.05) is 12.8 Å². The summed E-state index contributed by atoms with van der Waals surface area (Å²) < 4.78 is 5.30. The zero-order valence-electron chi connectivity index (χ0n) is 10.6. The lowest BCUT2D eigenvalue weighted by atomic mass is 9.98. The first-order valence-electron chi connectivity index (χ1n) is 6.45. The van der Waals surface area contributed by atoms with Crippen LogP contribution in [0.1, 0.15) is 52.9 Å². The summed E-state index contributed by atoms with van der Waals surface area (Å²) >= 11 is 0. The Kier molecular flexibility index (Phi) is 3.13. The lowest BCUT2D eigenvalue weighted by molar-refractivity contribution is 0.0491. The Morgan fingerprint density at radius 2 is 1.94 bits per heavy atom. The molecule has 2 aliphatic carbocycles. The summed E-state index contributed by atoms with van der Waals surface area (Å²) in [6.45, 7) is 5.71. The molecule has 2 aliphatic rings. The number of carbonyl (C=O) groups excluding carboxylic acids is 1. The van der Waals surface area contributed by atoms with E-state index in [-0.39, 0.29) is 6.09 Å². The van der Waals surface area contributed by atoms with Gasteiger partial charge in [-0.15, -0.1) is 0 Å². The van der Waals surface area contributed by atoms with Crippen molar-refractivity contribution in [1.29, 1.82) is 0 Å². The van der Waals surface area contributed by atoms with Crippen molar-refractivity contribution in [2.45, 2.75) is 64.5 Å². The van der Waals surface area contributed by atoms with Gasteiger partial charge >= 0.3 is 6.09 Å². The predicted molar refractivity (Wildman–Crippen MR) is 63.2 cm³/mol. The van der Waals surface area contributed by atoms with Crippen molar-refractivity contribution in [3.8, 4) is 0 Å². The Labute approximate surface area is 97.9 Å². The third kappa shape index (κ3) is 2.69. The molecular weight excluding hydrogens is 202 g/mol. The largest absolute Gasteiger partial charge is 0.444 e. The van der Waals surface area contributed by atoms with Gasteiger partial charge < -0.3 is 10.1 Å². The van der Waals surface area contributed by atoms with Gasteiger partial charge in [-0.2, -0.15) is 0 Å². The first-order chi connectivity index (χ1) is 7.46. The second-order valence-electron chi connectivity index (χ2n) is 6.18. The molecule has 0 radical (unpaired) electrons. The van der Waals surface area contributed by atoms with Crippen LogP contribution in [0.4, 0.5) is 4.79 Å². The van der Waals surface area contributed by atoms with E-state index in [0.717, 1.165) is 12.3 Å². The van der Waals surface area contributed by atoms with Gasteiger partial charge in [0, 0.05) is 6.04 Å². The molecule has 0 heterocycles. The fraction of sp³-hybridized carbons (Fsp3) is 0.923. The minimum Gasteiger partial charge on any atom is -0.444 e. The number of fused-ring (bicyclic) bond motifs is 1. The molecular formula is C13H23NO2. The summed E-state index contributed by atoms with van der Waals surface area (Å²) in [5.41, 5.74) is -0.391. The summed E-state index contributed by atoms with van der Waals surface area (Å²) in [6, 6.07) is 0.363. The van der Waals surface area contributed by atoms with Crippen molar-refractivity contribution in [1.82, 2.24) is 5.32 Å². The predicted octanol–water partition coefficient (Wildman–Crippen LogP) is 3.09. The average Bonchev–Trinajstić information content (AvgIpc) is 2.66. The van der Waals surface area contributed by atoms with Crippen LogP contribution in [0.25, 0.3) is 0 Å². The van der Waals surface area contributed by atoms with Crippen LogP contribution in [-0.4, -0.2) is 17.7 Å². The number of hydrogen-bond acceptors (Lipinski definition) is 2. The maximum Gasteiger partial charge on any atom is 0.407 e. The lowest BCUT2D eigenvalue weighted by Gasteiger charge is -2.24. The van der Waals surface area contributed by atoms with Gasteiger partial charge in [0.05, 0.1) is 0 Å². The fourth-order valence-corrected chi connectivity index (χ4v) is 3.20. The molecule has 0 spiro atoms. The Hall–Kier alpha value is -0.730. The Balaban J connectivity index is 1.83. The number of amides is 1. The van der Waals surface area contributed by atoms with Gasteiger partial charge in [-0.25, -0.2) is 4.79 Å². The molecule has 0 aromatic carbocycles. The topological polar surface area (TPSA) is 38.3 Å². The molecule has 3 atom stereocenters. The first-order valence-corrected chi connectivity index (χ1v) is 6.45. The van der Waals surface area contributed by atoms with Crippen molar-refractivity contribution in [2.24, 2.45) is 11.8 Å². The molecule has 3 heteroatoms. The molecule has 92 valence electrons. The van der Waals surface area contributed by atoms with Gasteiger partial charge in [-0.3, -0.25) is 0 Å². The van der Waals surface area contributed by atoms with Gasteiger partial charge in [0.1, 0.15) is 5.60 Å². The lowest BCUT2D eigenvalue weighted by Crippen LogP contribution is -2.41. The van der Waals surface area contributed by atoms with Gasteiger partial charge in [0.2, 0.25) is 0 Å². The summed E-state index contributed by atoms with van der Waals surface area (Å²) in [5.74, 6) is 1.58. The molecule has 2 saturated carbocycles. The number of ether oxygens (including phenoxy) is 1. The van der Waals surface area contributed by atoms with Gasteiger partial charge in [0.15, 0.2) is 0 Å². The third-order valence-corrected chi connectivity index (χ3v) is 3.79. The zero-order chi connectivity index (χ0) is 11.8. The van der Waals surface area contributed by atoms with Crippen LogP contribution in [0.15, 0.2) is 0 Å². The number of alkyl carbamates (subject to hydrolysis) is 1. The molecule has 0 bridgehead atoms. The van der Waals surface area contributed by atoms with E-state index in [0.29, 0.717) is 12.0 Å². The minimum atomic E-state index is -0.391. The van der Waals surface area contributed by atoms with E-state index in [1.165, 1.54) is 25.7 Å². The van der Waals surface area contributed by atoms with Gasteiger partial charge in [0.25, 0.3) is 0 Å². The molecule has 3 nitrogen and oxygen atoms in total. The average molecular weight is 225 g/mol. The standard InChI is InChI=1S/C13H23NO2/c1-13(2,3)16-12(15)14-11-8-7-9-5-4-6-10(9)11/h9-11H,4-8H2,1-3H3,(H,14,15). The SMILES string of the molecule is CC(C)(C)OC(=O)NC1CCC2CCCC21. The highest BCUT2D eigenvalue weighted by atomic mass is 16.6. The Bertz CT molecular complexity index is 270. The van der Waals surface area contributed by atoms with Crippen LogP contribution in [0.5, 0.6) is 0 Å². The highest BCUT2D eigenvalue weighted by Gasteiger charge is 2.40. The summed E-state index contributed by atoms with van der Waals surface area (Å²) in [5, 5.41) is 3.05. The number of rotatable bonds is 1. The van der Waals surface area contributed by atoms with Crippen LogP contribution >= 0.6 is 0 Å². The van der Waals surface area contributed by atoms with Crippen molar-refractivity contribution in [3.63, 3.8) is 0 Å². The van der Waals surface area contributed by atoms with E-state index >= 15 is 0 Å². The normalized spacial score (nSPS) is 33.6. The van der Waals surface area contributed by atoms with E-state index in [1.807, 2.05) is 20.8 Å². The van der Waals surface area contributed by atoms with Gasteiger partial charge in [-0.05, 0) is 51.9 Å². The maximum atomic E-state index is 11.7. The zero-order valence-corrected chi connectivity index (χ0v) is 10.6. The van der Waals surface area contributed by atoms with Crippen LogP contribution in [0.2, 0.25) is 0 Å². The van der Waals surface area contributed by atoms with E-state index in [9.17, 15) is 4.79 Å². The number of carbonyl (C=O) groups is 1. The summed E-state index contributed by atoms with van der Waals surface area (Å²) in [4.78, 5) is 11.7. The molecule has 1 N–H and O–H groups in total. The van der Waals surface area contributed by atoms with Crippen LogP contribution in [0.3, 0.4) is 0 Å². The van der Waals surface area contributed by atoms with Crippen molar-refractivity contribution in [3.05, 3.63) is 0 Å². The van der Waals surface area contributed by atoms with Crippen molar-refractivity contribution < 1.29 is 9.53 Å². The Morgan fingerprint density at radius 1 is 1.19 bits per heavy atom. The summed E-state index contributed by atoms with van der Waals surface area (Å²) in [6.07, 6.45) is 6.15. The monoisotopic (exact) mass is 225 g/mol. The van der Waals surface area contributed by atoms with E-state index in [1.54, 1.807) is 0 Å². The van der Waals surface area contributed by atoms with Crippen LogP contribution in [-0.2, 0) is 4.74 Å². The quantitative estimate of drug-likeness (QED) is 0.744. The molecule has 2 rings (SSSR count). The fourth-order valence-electron chi connectivity index (χ4n) is 3.20. The van der Waals surface area contributed by atoms with Crippen LogP contribution < -0.4 is 5.32 Å². The van der Waals surface area contributed by atoms with E-state index < -0.39 is 5.60 Å². The molecule has 0 aliphatic heterocycles. The highest BCUT2D eigenvalue weighted by Crippen LogP contribution is 2.43. The van der Waals surface area contributed by atoms with Crippen LogP contribution in [0, 0.1) is 11.8 Å². The molecule has 0 aromatic rings. The third-order valence-electron chi connectivity index (χ3n) is 3.79. The first kappa shape index (κ1) is 11.7. The second-order valence-corrected chi connectivity index (χ2v) is 6.18. The molecule has 0 saturated heterocycles. The number of hydrogen-bond donors (Lipinski definition) is 1. The number of nitrogens with one attached hydrogen (secondary N) is 1. The van der Waals surface area contributed by atoms with E-state index in [4.69, 9.17) is 4.74 Å². The van der Waals surface area contributed by atoms with Crippen molar-refractivity contribution >= 4 is 6.09 Å². The molecule has 2 fully saturated rings. The summed E-state index contributed by atoms with van der Waals surface area (Å²) in [7, 11) is 0. The smallest absolute Gasteiger partial charge is 0.407 e. The Morgan fingerprint density at radius 3 is 2.62 bits per heavy atom. The molecule has 16 heavy (non-hydrogen) atoms. The van der Waals surface area contributed by atoms with Crippen molar-refractivity contribution in [2.75, 3.05) is 0 Å². The minimum absolute atomic E-state index is 0.245.